The van der Waals surface area contributed by atoms with Gasteiger partial charge in [0.25, 0.3) is 0 Å². The van der Waals surface area contributed by atoms with Crippen LogP contribution in [0.4, 0.5) is 0 Å². The SMILES string of the molecule is CCOC(=O)[C@@H]1[C@@H]2CC[C@@H]3C[C@]4(CCC=C[C@@H](CC)O4)N=C(N[C@]14CCC[C@H](C)O4)N32. The lowest BCUT2D eigenvalue weighted by molar-refractivity contribution is -0.203. The highest BCUT2D eigenvalue weighted by atomic mass is 16.6. The maximum absolute atomic E-state index is 13.2. The number of hydrogen-bond donors (Lipinski definition) is 1. The molecule has 3 saturated heterocycles. The maximum atomic E-state index is 13.2. The molecule has 31 heavy (non-hydrogen) atoms. The Kier molecular flexibility index (Phi) is 5.53. The van der Waals surface area contributed by atoms with Crippen LogP contribution in [0.5, 0.6) is 0 Å². The van der Waals surface area contributed by atoms with E-state index < -0.39 is 11.4 Å². The van der Waals surface area contributed by atoms with Crippen LogP contribution in [-0.4, -0.2) is 59.2 Å². The number of guanidine groups is 1. The second kappa shape index (κ2) is 8.07. The van der Waals surface area contributed by atoms with Crippen molar-refractivity contribution in [2.45, 2.75) is 114 Å². The molecule has 0 saturated carbocycles. The molecule has 0 aromatic rings. The van der Waals surface area contributed by atoms with Crippen LogP contribution in [-0.2, 0) is 19.0 Å². The van der Waals surface area contributed by atoms with E-state index >= 15 is 0 Å². The summed E-state index contributed by atoms with van der Waals surface area (Å²) in [7, 11) is 0. The molecule has 0 radical (unpaired) electrons. The van der Waals surface area contributed by atoms with Crippen LogP contribution in [0.15, 0.2) is 17.1 Å². The number of hydrogen-bond acceptors (Lipinski definition) is 7. The molecule has 0 aromatic heterocycles. The van der Waals surface area contributed by atoms with Crippen molar-refractivity contribution in [2.75, 3.05) is 6.61 Å². The van der Waals surface area contributed by atoms with Crippen molar-refractivity contribution in [2.24, 2.45) is 10.9 Å². The fourth-order valence-corrected chi connectivity index (χ4v) is 6.52. The van der Waals surface area contributed by atoms with Gasteiger partial charge in [0.2, 0.25) is 0 Å². The van der Waals surface area contributed by atoms with Crippen molar-refractivity contribution in [1.29, 1.82) is 0 Å². The van der Waals surface area contributed by atoms with Crippen LogP contribution >= 0.6 is 0 Å². The maximum Gasteiger partial charge on any atom is 0.315 e. The highest BCUT2D eigenvalue weighted by molar-refractivity contribution is 5.87. The van der Waals surface area contributed by atoms with Crippen molar-refractivity contribution in [3.63, 3.8) is 0 Å². The van der Waals surface area contributed by atoms with Gasteiger partial charge in [-0.15, -0.1) is 0 Å². The molecule has 3 fully saturated rings. The Labute approximate surface area is 185 Å². The van der Waals surface area contributed by atoms with Crippen molar-refractivity contribution < 1.29 is 19.0 Å². The van der Waals surface area contributed by atoms with E-state index in [9.17, 15) is 4.79 Å². The molecule has 2 spiro atoms. The summed E-state index contributed by atoms with van der Waals surface area (Å²) in [5.74, 6) is 0.383. The molecule has 7 atom stereocenters. The van der Waals surface area contributed by atoms with E-state index in [1.165, 1.54) is 0 Å². The van der Waals surface area contributed by atoms with E-state index in [-0.39, 0.29) is 30.1 Å². The summed E-state index contributed by atoms with van der Waals surface area (Å²) in [5.41, 5.74) is -1.24. The molecular weight excluding hydrogens is 394 g/mol. The smallest absolute Gasteiger partial charge is 0.315 e. The summed E-state index contributed by atoms with van der Waals surface area (Å²) < 4.78 is 18.8. The molecule has 0 aliphatic carbocycles. The van der Waals surface area contributed by atoms with Gasteiger partial charge in [0, 0.05) is 18.9 Å². The monoisotopic (exact) mass is 431 g/mol. The van der Waals surface area contributed by atoms with Crippen LogP contribution in [0.2, 0.25) is 0 Å². The van der Waals surface area contributed by atoms with Crippen molar-refractivity contribution >= 4 is 11.9 Å². The van der Waals surface area contributed by atoms with Gasteiger partial charge >= 0.3 is 5.97 Å². The van der Waals surface area contributed by atoms with Gasteiger partial charge in [0.1, 0.15) is 5.92 Å². The molecule has 0 unspecified atom stereocenters. The minimum absolute atomic E-state index is 0.0672. The van der Waals surface area contributed by atoms with E-state index in [4.69, 9.17) is 19.2 Å². The summed E-state index contributed by atoms with van der Waals surface area (Å²) in [6, 6.07) is 0.397. The Morgan fingerprint density at radius 3 is 2.94 bits per heavy atom. The largest absolute Gasteiger partial charge is 0.466 e. The molecule has 7 nitrogen and oxygen atoms in total. The Morgan fingerprint density at radius 2 is 2.16 bits per heavy atom. The lowest BCUT2D eigenvalue weighted by Gasteiger charge is -2.56. The molecule has 0 aromatic carbocycles. The molecule has 5 aliphatic rings. The Morgan fingerprint density at radius 1 is 1.29 bits per heavy atom. The zero-order chi connectivity index (χ0) is 21.6. The van der Waals surface area contributed by atoms with Gasteiger partial charge in [-0.2, -0.15) is 0 Å². The van der Waals surface area contributed by atoms with Crippen molar-refractivity contribution in [3.8, 4) is 0 Å². The molecule has 5 heterocycles. The zero-order valence-electron chi connectivity index (χ0n) is 19.1. The van der Waals surface area contributed by atoms with Gasteiger partial charge in [-0.05, 0) is 58.8 Å². The molecule has 1 N–H and O–H groups in total. The summed E-state index contributed by atoms with van der Waals surface area (Å²) in [6.07, 6.45) is 13.2. The van der Waals surface area contributed by atoms with E-state index in [0.717, 1.165) is 63.7 Å². The van der Waals surface area contributed by atoms with Gasteiger partial charge in [-0.1, -0.05) is 19.1 Å². The Hall–Kier alpha value is -1.60. The van der Waals surface area contributed by atoms with E-state index in [2.05, 4.69) is 36.2 Å². The highest BCUT2D eigenvalue weighted by Gasteiger charge is 2.62. The standard InChI is InChI=1S/C24H37N3O4/c1-4-18-10-6-7-13-23(31-18)15-17-11-12-19-20(21(28)29-5-2)24(14-8-9-16(3)30-24)26-22(25-23)27(17)19/h6,10,16-20H,4-5,7-9,11-15H2,1-3H3,(H,25,26)/t16-,17+,18+,19-,20-,23+,24-/m0/s1. The first-order valence-corrected chi connectivity index (χ1v) is 12.3. The third-order valence-electron chi connectivity index (χ3n) is 7.80. The summed E-state index contributed by atoms with van der Waals surface area (Å²) >= 11 is 0. The number of rotatable bonds is 3. The fraction of sp³-hybridized carbons (Fsp3) is 0.833. The molecule has 5 rings (SSSR count). The average molecular weight is 432 g/mol. The van der Waals surface area contributed by atoms with E-state index in [1.54, 1.807) is 0 Å². The summed E-state index contributed by atoms with van der Waals surface area (Å²) in [4.78, 5) is 20.8. The molecule has 5 aliphatic heterocycles. The number of esters is 1. The zero-order valence-corrected chi connectivity index (χ0v) is 19.1. The average Bonchev–Trinajstić information content (AvgIpc) is 3.03. The number of ether oxygens (including phenoxy) is 3. The number of allylic oxidation sites excluding steroid dienone is 1. The Bertz CT molecular complexity index is 770. The lowest BCUT2D eigenvalue weighted by atomic mass is 9.79. The van der Waals surface area contributed by atoms with Gasteiger partial charge in [-0.25, -0.2) is 4.99 Å². The number of nitrogens with zero attached hydrogens (tertiary/aromatic N) is 2. The highest BCUT2D eigenvalue weighted by Crippen LogP contribution is 2.49. The number of aliphatic imine (C=N–C) groups is 1. The van der Waals surface area contributed by atoms with Crippen LogP contribution in [0.1, 0.15) is 78.6 Å². The van der Waals surface area contributed by atoms with Crippen molar-refractivity contribution in [3.05, 3.63) is 12.2 Å². The van der Waals surface area contributed by atoms with Gasteiger partial charge in [-0.3, -0.25) is 4.79 Å². The van der Waals surface area contributed by atoms with Crippen LogP contribution in [0.25, 0.3) is 0 Å². The molecule has 0 bridgehead atoms. The van der Waals surface area contributed by atoms with Crippen molar-refractivity contribution in [1.82, 2.24) is 10.2 Å². The van der Waals surface area contributed by atoms with Crippen LogP contribution in [0, 0.1) is 5.92 Å². The summed E-state index contributed by atoms with van der Waals surface area (Å²) in [6.45, 7) is 6.53. The predicted molar refractivity (Wildman–Crippen MR) is 117 cm³/mol. The predicted octanol–water partition coefficient (Wildman–Crippen LogP) is 3.49. The first kappa shape index (κ1) is 21.3. The molecular formula is C24H37N3O4. The van der Waals surface area contributed by atoms with Gasteiger partial charge < -0.3 is 24.4 Å². The minimum Gasteiger partial charge on any atom is -0.466 e. The molecule has 0 amide bonds. The minimum atomic E-state index is -0.746. The normalized spacial score (nSPS) is 43.9. The van der Waals surface area contributed by atoms with Gasteiger partial charge in [0.05, 0.1) is 24.9 Å². The van der Waals surface area contributed by atoms with Crippen LogP contribution in [0.3, 0.4) is 0 Å². The molecule has 7 heteroatoms. The summed E-state index contributed by atoms with van der Waals surface area (Å²) in [5, 5.41) is 3.67. The Balaban J connectivity index is 1.54. The van der Waals surface area contributed by atoms with E-state index in [1.807, 2.05) is 6.92 Å². The third kappa shape index (κ3) is 3.58. The number of carbonyl (C=O) groups excluding carboxylic acids is 1. The fourth-order valence-electron chi connectivity index (χ4n) is 6.52. The lowest BCUT2D eigenvalue weighted by Crippen LogP contribution is -2.74. The second-order valence-corrected chi connectivity index (χ2v) is 9.89. The van der Waals surface area contributed by atoms with E-state index in [0.29, 0.717) is 12.6 Å². The first-order chi connectivity index (χ1) is 15.0. The quantitative estimate of drug-likeness (QED) is 0.545. The second-order valence-electron chi connectivity index (χ2n) is 9.89. The first-order valence-electron chi connectivity index (χ1n) is 12.3. The molecule has 172 valence electrons. The number of carbonyl (C=O) groups is 1. The third-order valence-corrected chi connectivity index (χ3v) is 7.80. The number of nitrogens with one attached hydrogen (secondary N) is 1. The topological polar surface area (TPSA) is 72.4 Å². The van der Waals surface area contributed by atoms with Crippen LogP contribution < -0.4 is 5.32 Å². The van der Waals surface area contributed by atoms with Gasteiger partial charge in [0.15, 0.2) is 17.4 Å².